The molecule has 0 fully saturated rings. The molecule has 5 nitrogen and oxygen atoms in total. The van der Waals surface area contributed by atoms with Crippen LogP contribution in [0.5, 0.6) is 0 Å². The third kappa shape index (κ3) is 4.72. The van der Waals surface area contributed by atoms with E-state index in [4.69, 9.17) is 4.52 Å². The number of hydrogen-bond acceptors (Lipinski definition) is 5. The van der Waals surface area contributed by atoms with Crippen LogP contribution in [0.3, 0.4) is 0 Å². The van der Waals surface area contributed by atoms with E-state index in [9.17, 15) is 5.11 Å². The molecule has 0 aromatic carbocycles. The molecule has 0 saturated heterocycles. The predicted octanol–water partition coefficient (Wildman–Crippen LogP) is 1.08. The minimum absolute atomic E-state index is 0.396. The lowest BCUT2D eigenvalue weighted by Gasteiger charge is -2.09. The van der Waals surface area contributed by atoms with Crippen LogP contribution < -0.4 is 0 Å². The van der Waals surface area contributed by atoms with E-state index in [1.165, 1.54) is 0 Å². The van der Waals surface area contributed by atoms with Crippen molar-refractivity contribution < 1.29 is 9.63 Å². The molecule has 0 amide bonds. The Labute approximate surface area is 96.5 Å². The highest BCUT2D eigenvalue weighted by molar-refractivity contribution is 4.87. The van der Waals surface area contributed by atoms with Crippen molar-refractivity contribution in [3.63, 3.8) is 0 Å². The predicted molar refractivity (Wildman–Crippen MR) is 60.9 cm³/mol. The molecule has 1 aromatic heterocycles. The van der Waals surface area contributed by atoms with Gasteiger partial charge in [-0.1, -0.05) is 19.0 Å². The van der Waals surface area contributed by atoms with Crippen LogP contribution in [0.2, 0.25) is 0 Å². The normalized spacial score (nSPS) is 13.7. The first-order valence-corrected chi connectivity index (χ1v) is 5.61. The molecular formula is C11H21N3O2. The Morgan fingerprint density at radius 1 is 1.38 bits per heavy atom. The van der Waals surface area contributed by atoms with Crippen LogP contribution in [-0.4, -0.2) is 40.3 Å². The molecule has 1 N–H and O–H groups in total. The summed E-state index contributed by atoms with van der Waals surface area (Å²) in [7, 11) is 3.90. The summed E-state index contributed by atoms with van der Waals surface area (Å²) in [6, 6.07) is 0. The molecule has 1 aromatic rings. The van der Waals surface area contributed by atoms with Gasteiger partial charge in [-0.3, -0.25) is 0 Å². The van der Waals surface area contributed by atoms with Gasteiger partial charge in [-0.2, -0.15) is 4.98 Å². The Kier molecular flexibility index (Phi) is 4.89. The molecule has 16 heavy (non-hydrogen) atoms. The van der Waals surface area contributed by atoms with Gasteiger partial charge in [0, 0.05) is 0 Å². The van der Waals surface area contributed by atoms with Gasteiger partial charge in [0.1, 0.15) is 0 Å². The van der Waals surface area contributed by atoms with E-state index in [0.29, 0.717) is 30.6 Å². The first-order valence-electron chi connectivity index (χ1n) is 5.61. The van der Waals surface area contributed by atoms with Crippen molar-refractivity contribution in [3.8, 4) is 0 Å². The van der Waals surface area contributed by atoms with Gasteiger partial charge in [-0.05, 0) is 26.4 Å². The van der Waals surface area contributed by atoms with Gasteiger partial charge in [0.25, 0.3) is 0 Å². The van der Waals surface area contributed by atoms with E-state index < -0.39 is 6.10 Å². The summed E-state index contributed by atoms with van der Waals surface area (Å²) in [6.07, 6.45) is 0.803. The van der Waals surface area contributed by atoms with E-state index >= 15 is 0 Å². The van der Waals surface area contributed by atoms with Crippen LogP contribution >= 0.6 is 0 Å². The Bertz CT molecular complexity index is 310. The lowest BCUT2D eigenvalue weighted by molar-refractivity contribution is 0.138. The summed E-state index contributed by atoms with van der Waals surface area (Å²) in [5.41, 5.74) is 0. The Morgan fingerprint density at radius 3 is 2.62 bits per heavy atom. The quantitative estimate of drug-likeness (QED) is 0.788. The third-order valence-electron chi connectivity index (χ3n) is 2.12. The summed E-state index contributed by atoms with van der Waals surface area (Å²) < 4.78 is 5.07. The second-order valence-corrected chi connectivity index (χ2v) is 4.83. The number of aliphatic hydroxyl groups excluding tert-OH is 1. The zero-order valence-electron chi connectivity index (χ0n) is 10.5. The minimum Gasteiger partial charge on any atom is -0.393 e. The standard InChI is InChI=1S/C11H21N3O2/c1-8(2)5-9(15)6-11-12-10(13-16-11)7-14(3)4/h8-9,15H,5-7H2,1-4H3. The average molecular weight is 227 g/mol. The molecule has 1 atom stereocenters. The second-order valence-electron chi connectivity index (χ2n) is 4.83. The van der Waals surface area contributed by atoms with Crippen molar-refractivity contribution >= 4 is 0 Å². The molecule has 0 aliphatic carbocycles. The molecule has 0 radical (unpaired) electrons. The van der Waals surface area contributed by atoms with Crippen LogP contribution in [0.15, 0.2) is 4.52 Å². The van der Waals surface area contributed by atoms with E-state index in [1.54, 1.807) is 0 Å². The number of rotatable bonds is 6. The summed E-state index contributed by atoms with van der Waals surface area (Å²) in [6.45, 7) is 4.81. The molecule has 1 unspecified atom stereocenters. The molecule has 92 valence electrons. The molecule has 5 heteroatoms. The summed E-state index contributed by atoms with van der Waals surface area (Å²) in [5.74, 6) is 1.65. The van der Waals surface area contributed by atoms with Gasteiger partial charge in [0.05, 0.1) is 19.1 Å². The van der Waals surface area contributed by atoms with E-state index in [1.807, 2.05) is 19.0 Å². The lowest BCUT2D eigenvalue weighted by atomic mass is 10.0. The van der Waals surface area contributed by atoms with Crippen molar-refractivity contribution in [1.82, 2.24) is 15.0 Å². The summed E-state index contributed by atoms with van der Waals surface area (Å²) in [5, 5.41) is 13.6. The van der Waals surface area contributed by atoms with Crippen molar-refractivity contribution in [2.24, 2.45) is 5.92 Å². The average Bonchev–Trinajstić information content (AvgIpc) is 2.49. The number of nitrogens with zero attached hydrogens (tertiary/aromatic N) is 3. The van der Waals surface area contributed by atoms with Crippen molar-refractivity contribution in [2.75, 3.05) is 14.1 Å². The summed E-state index contributed by atoms with van der Waals surface area (Å²) in [4.78, 5) is 6.19. The molecule has 1 heterocycles. The fraction of sp³-hybridized carbons (Fsp3) is 0.818. The fourth-order valence-corrected chi connectivity index (χ4v) is 1.55. The smallest absolute Gasteiger partial charge is 0.229 e. The van der Waals surface area contributed by atoms with Crippen LogP contribution in [0.25, 0.3) is 0 Å². The van der Waals surface area contributed by atoms with Crippen LogP contribution in [0, 0.1) is 5.92 Å². The van der Waals surface area contributed by atoms with Gasteiger partial charge in [-0.25, -0.2) is 0 Å². The maximum Gasteiger partial charge on any atom is 0.229 e. The van der Waals surface area contributed by atoms with E-state index in [0.717, 1.165) is 6.42 Å². The minimum atomic E-state index is -0.396. The van der Waals surface area contributed by atoms with Crippen LogP contribution in [-0.2, 0) is 13.0 Å². The van der Waals surface area contributed by atoms with Gasteiger partial charge in [-0.15, -0.1) is 0 Å². The highest BCUT2D eigenvalue weighted by Gasteiger charge is 2.13. The van der Waals surface area contributed by atoms with Crippen LogP contribution in [0.4, 0.5) is 0 Å². The van der Waals surface area contributed by atoms with Crippen molar-refractivity contribution in [2.45, 2.75) is 39.3 Å². The van der Waals surface area contributed by atoms with Gasteiger partial charge in [0.15, 0.2) is 5.82 Å². The van der Waals surface area contributed by atoms with E-state index in [-0.39, 0.29) is 0 Å². The zero-order chi connectivity index (χ0) is 12.1. The van der Waals surface area contributed by atoms with Gasteiger partial charge >= 0.3 is 0 Å². The first-order chi connectivity index (χ1) is 7.47. The SMILES string of the molecule is CC(C)CC(O)Cc1nc(CN(C)C)no1. The monoisotopic (exact) mass is 227 g/mol. The summed E-state index contributed by atoms with van der Waals surface area (Å²) >= 11 is 0. The van der Waals surface area contributed by atoms with Crippen molar-refractivity contribution in [1.29, 1.82) is 0 Å². The number of aromatic nitrogens is 2. The maximum absolute atomic E-state index is 9.73. The topological polar surface area (TPSA) is 62.4 Å². The molecule has 0 aliphatic heterocycles. The zero-order valence-corrected chi connectivity index (χ0v) is 10.5. The molecule has 1 rings (SSSR count). The highest BCUT2D eigenvalue weighted by atomic mass is 16.5. The van der Waals surface area contributed by atoms with Gasteiger partial charge in [0.2, 0.25) is 5.89 Å². The molecule has 0 bridgehead atoms. The maximum atomic E-state index is 9.73. The fourth-order valence-electron chi connectivity index (χ4n) is 1.55. The second kappa shape index (κ2) is 5.96. The Morgan fingerprint density at radius 2 is 2.06 bits per heavy atom. The number of aliphatic hydroxyl groups is 1. The molecular weight excluding hydrogens is 206 g/mol. The van der Waals surface area contributed by atoms with Gasteiger partial charge < -0.3 is 14.5 Å². The van der Waals surface area contributed by atoms with E-state index in [2.05, 4.69) is 24.0 Å². The highest BCUT2D eigenvalue weighted by Crippen LogP contribution is 2.10. The molecule has 0 spiro atoms. The van der Waals surface area contributed by atoms with Crippen molar-refractivity contribution in [3.05, 3.63) is 11.7 Å². The van der Waals surface area contributed by atoms with Crippen LogP contribution in [0.1, 0.15) is 32.0 Å². The lowest BCUT2D eigenvalue weighted by Crippen LogP contribution is -2.14. The largest absolute Gasteiger partial charge is 0.393 e. The Hall–Kier alpha value is -0.940. The number of hydrogen-bond donors (Lipinski definition) is 1. The Balaban J connectivity index is 2.45. The molecule has 0 saturated carbocycles. The molecule has 0 aliphatic rings. The third-order valence-corrected chi connectivity index (χ3v) is 2.12. The first kappa shape index (κ1) is 13.1.